The number of hydrogen-bond donors (Lipinski definition) is 2. The maximum atomic E-state index is 11.4. The molecule has 0 bridgehead atoms. The summed E-state index contributed by atoms with van der Waals surface area (Å²) in [7, 11) is 0. The Hall–Kier alpha value is -1.77. The van der Waals surface area contributed by atoms with Crippen LogP contribution in [-0.4, -0.2) is 16.1 Å². The molecule has 3 rings (SSSR count). The predicted molar refractivity (Wildman–Crippen MR) is 89.5 cm³/mol. The van der Waals surface area contributed by atoms with E-state index in [1.807, 2.05) is 0 Å². The molecule has 2 N–H and O–H groups in total. The molecule has 1 aromatic carbocycles. The zero-order valence-corrected chi connectivity index (χ0v) is 13.7. The van der Waals surface area contributed by atoms with Crippen LogP contribution in [0, 0.1) is 0 Å². The molecular formula is C19H25NO2. The smallest absolute Gasteiger partial charge is 0.304 e. The van der Waals surface area contributed by atoms with Gasteiger partial charge in [0.2, 0.25) is 0 Å². The van der Waals surface area contributed by atoms with Crippen molar-refractivity contribution in [3.8, 4) is 0 Å². The second-order valence-electron chi connectivity index (χ2n) is 6.96. The molecule has 0 unspecified atom stereocenters. The number of nitrogens with one attached hydrogen (secondary N) is 1. The van der Waals surface area contributed by atoms with Crippen molar-refractivity contribution in [2.45, 2.75) is 64.2 Å². The number of fused-ring (bicyclic) bond motifs is 3. The zero-order chi connectivity index (χ0) is 15.9. The van der Waals surface area contributed by atoms with Crippen LogP contribution >= 0.6 is 0 Å². The Balaban J connectivity index is 2.25. The Bertz CT molecular complexity index is 714. The van der Waals surface area contributed by atoms with Gasteiger partial charge in [0, 0.05) is 22.0 Å². The molecule has 1 aliphatic rings. The first-order chi connectivity index (χ1) is 10.5. The van der Waals surface area contributed by atoms with Gasteiger partial charge >= 0.3 is 5.97 Å². The molecule has 1 aliphatic carbocycles. The lowest BCUT2D eigenvalue weighted by molar-refractivity contribution is -0.138. The van der Waals surface area contributed by atoms with Gasteiger partial charge in [0.05, 0.1) is 6.42 Å². The molecule has 1 aromatic heterocycles. The summed E-state index contributed by atoms with van der Waals surface area (Å²) in [6.07, 6.45) is 4.19. The average Bonchev–Trinajstić information content (AvgIpc) is 2.86. The van der Waals surface area contributed by atoms with Crippen LogP contribution < -0.4 is 0 Å². The number of carboxylic acids is 1. The number of aryl methyl sites for hydroxylation is 1. The fourth-order valence-corrected chi connectivity index (χ4v) is 4.16. The molecule has 22 heavy (non-hydrogen) atoms. The minimum absolute atomic E-state index is 0.223. The normalized spacial score (nSPS) is 21.3. The molecule has 1 heterocycles. The molecular weight excluding hydrogens is 274 g/mol. The van der Waals surface area contributed by atoms with Gasteiger partial charge in [-0.05, 0) is 42.7 Å². The molecule has 0 saturated carbocycles. The quantitative estimate of drug-likeness (QED) is 0.856. The van der Waals surface area contributed by atoms with Gasteiger partial charge in [-0.25, -0.2) is 0 Å². The van der Waals surface area contributed by atoms with E-state index >= 15 is 0 Å². The number of hydrogen-bond acceptors (Lipinski definition) is 1. The largest absolute Gasteiger partial charge is 0.481 e. The summed E-state index contributed by atoms with van der Waals surface area (Å²) in [5.41, 5.74) is 4.85. The second-order valence-corrected chi connectivity index (χ2v) is 6.96. The first-order valence-electron chi connectivity index (χ1n) is 8.34. The van der Waals surface area contributed by atoms with Gasteiger partial charge in [0.15, 0.2) is 0 Å². The minimum atomic E-state index is -0.697. The third-order valence-corrected chi connectivity index (χ3v) is 5.37. The predicted octanol–water partition coefficient (Wildman–Crippen LogP) is 4.75. The van der Waals surface area contributed by atoms with Crippen molar-refractivity contribution in [3.05, 3.63) is 35.0 Å². The van der Waals surface area contributed by atoms with Crippen molar-refractivity contribution in [3.63, 3.8) is 0 Å². The Morgan fingerprint density at radius 2 is 2.18 bits per heavy atom. The van der Waals surface area contributed by atoms with Crippen LogP contribution in [0.25, 0.3) is 10.9 Å². The molecule has 3 heteroatoms. The highest BCUT2D eigenvalue weighted by atomic mass is 16.4. The molecule has 0 radical (unpaired) electrons. The van der Waals surface area contributed by atoms with Crippen LogP contribution in [-0.2, 0) is 16.6 Å². The van der Waals surface area contributed by atoms with Crippen molar-refractivity contribution in [2.24, 2.45) is 0 Å². The topological polar surface area (TPSA) is 53.1 Å². The SMILES string of the molecule is CC[C@]1(CC(=O)O)CCCc2c1[nH]c1c(C(C)C)cccc21. The van der Waals surface area contributed by atoms with E-state index in [9.17, 15) is 9.90 Å². The van der Waals surface area contributed by atoms with E-state index in [1.54, 1.807) is 0 Å². The molecule has 1 atom stereocenters. The van der Waals surface area contributed by atoms with E-state index in [0.29, 0.717) is 5.92 Å². The number of para-hydroxylation sites is 1. The van der Waals surface area contributed by atoms with Gasteiger partial charge in [0.25, 0.3) is 0 Å². The first kappa shape index (κ1) is 15.1. The van der Waals surface area contributed by atoms with Crippen molar-refractivity contribution in [1.29, 1.82) is 0 Å². The number of aromatic amines is 1. The molecule has 3 nitrogen and oxygen atoms in total. The van der Waals surface area contributed by atoms with Crippen LogP contribution in [0.5, 0.6) is 0 Å². The third kappa shape index (κ3) is 2.23. The Morgan fingerprint density at radius 3 is 2.82 bits per heavy atom. The highest BCUT2D eigenvalue weighted by molar-refractivity contribution is 5.89. The van der Waals surface area contributed by atoms with E-state index in [0.717, 1.165) is 25.7 Å². The summed E-state index contributed by atoms with van der Waals surface area (Å²) >= 11 is 0. The van der Waals surface area contributed by atoms with Gasteiger partial charge in [-0.3, -0.25) is 4.79 Å². The van der Waals surface area contributed by atoms with Crippen molar-refractivity contribution in [1.82, 2.24) is 4.98 Å². The fraction of sp³-hybridized carbons (Fsp3) is 0.526. The summed E-state index contributed by atoms with van der Waals surface area (Å²) < 4.78 is 0. The fourth-order valence-electron chi connectivity index (χ4n) is 4.16. The van der Waals surface area contributed by atoms with Gasteiger partial charge in [-0.15, -0.1) is 0 Å². The van der Waals surface area contributed by atoms with E-state index in [2.05, 4.69) is 44.0 Å². The summed E-state index contributed by atoms with van der Waals surface area (Å²) in [5.74, 6) is -0.239. The van der Waals surface area contributed by atoms with Gasteiger partial charge in [-0.2, -0.15) is 0 Å². The number of H-pyrrole nitrogens is 1. The van der Waals surface area contributed by atoms with E-state index in [1.165, 1.54) is 27.7 Å². The van der Waals surface area contributed by atoms with Crippen molar-refractivity contribution < 1.29 is 9.90 Å². The second kappa shape index (κ2) is 5.45. The van der Waals surface area contributed by atoms with E-state index in [4.69, 9.17) is 0 Å². The molecule has 0 amide bonds. The number of carboxylic acid groups (broad SMARTS) is 1. The Kier molecular flexibility index (Phi) is 3.75. The van der Waals surface area contributed by atoms with Gasteiger partial charge in [0.1, 0.15) is 0 Å². The lowest BCUT2D eigenvalue weighted by Gasteiger charge is -2.35. The summed E-state index contributed by atoms with van der Waals surface area (Å²) in [5, 5.41) is 10.7. The molecule has 0 spiro atoms. The summed E-state index contributed by atoms with van der Waals surface area (Å²) in [6, 6.07) is 6.49. The number of benzene rings is 1. The average molecular weight is 299 g/mol. The molecule has 0 fully saturated rings. The maximum absolute atomic E-state index is 11.4. The lowest BCUT2D eigenvalue weighted by Crippen LogP contribution is -2.33. The van der Waals surface area contributed by atoms with E-state index < -0.39 is 5.97 Å². The third-order valence-electron chi connectivity index (χ3n) is 5.37. The highest BCUT2D eigenvalue weighted by Gasteiger charge is 2.39. The first-order valence-corrected chi connectivity index (χ1v) is 8.34. The highest BCUT2D eigenvalue weighted by Crippen LogP contribution is 2.45. The summed E-state index contributed by atoms with van der Waals surface area (Å²) in [4.78, 5) is 15.1. The summed E-state index contributed by atoms with van der Waals surface area (Å²) in [6.45, 7) is 6.53. The standard InChI is InChI=1S/C19H25NO2/c1-4-19(11-16(21)22)10-6-9-15-14-8-5-7-13(12(2)3)17(14)20-18(15)19/h5,7-8,12,20H,4,6,9-11H2,1-3H3,(H,21,22)/t19-/m1/s1. The Morgan fingerprint density at radius 1 is 1.41 bits per heavy atom. The monoisotopic (exact) mass is 299 g/mol. The van der Waals surface area contributed by atoms with Crippen LogP contribution in [0.2, 0.25) is 0 Å². The number of aliphatic carboxylic acids is 1. The van der Waals surface area contributed by atoms with Crippen molar-refractivity contribution >= 4 is 16.9 Å². The molecule has 118 valence electrons. The van der Waals surface area contributed by atoms with Crippen LogP contribution in [0.3, 0.4) is 0 Å². The van der Waals surface area contributed by atoms with Crippen LogP contribution in [0.1, 0.15) is 69.2 Å². The molecule has 0 saturated heterocycles. The van der Waals surface area contributed by atoms with E-state index in [-0.39, 0.29) is 11.8 Å². The van der Waals surface area contributed by atoms with Gasteiger partial charge in [-0.1, -0.05) is 39.0 Å². The molecule has 0 aliphatic heterocycles. The Labute approximate surface area is 131 Å². The number of carbonyl (C=O) groups is 1. The van der Waals surface area contributed by atoms with Crippen molar-refractivity contribution in [2.75, 3.05) is 0 Å². The minimum Gasteiger partial charge on any atom is -0.481 e. The van der Waals surface area contributed by atoms with Gasteiger partial charge < -0.3 is 10.1 Å². The van der Waals surface area contributed by atoms with Crippen LogP contribution in [0.4, 0.5) is 0 Å². The zero-order valence-electron chi connectivity index (χ0n) is 13.7. The maximum Gasteiger partial charge on any atom is 0.304 e. The molecule has 2 aromatic rings. The van der Waals surface area contributed by atoms with Crippen LogP contribution in [0.15, 0.2) is 18.2 Å². The lowest BCUT2D eigenvalue weighted by atomic mass is 9.69. The number of rotatable bonds is 4. The number of aromatic nitrogens is 1.